The van der Waals surface area contributed by atoms with Crippen LogP contribution in [-0.2, 0) is 12.0 Å². The van der Waals surface area contributed by atoms with Gasteiger partial charge in [-0.2, -0.15) is 0 Å². The molecule has 2 aromatic rings. The lowest BCUT2D eigenvalue weighted by Crippen LogP contribution is -2.28. The molecular weight excluding hydrogens is 246 g/mol. The van der Waals surface area contributed by atoms with E-state index in [0.717, 1.165) is 0 Å². The fourth-order valence-corrected chi connectivity index (χ4v) is 2.17. The van der Waals surface area contributed by atoms with Gasteiger partial charge in [-0.25, -0.2) is 8.78 Å². The molecule has 0 spiro atoms. The van der Waals surface area contributed by atoms with Crippen LogP contribution in [0.3, 0.4) is 0 Å². The molecule has 0 fully saturated rings. The molecule has 0 saturated carbocycles. The van der Waals surface area contributed by atoms with Gasteiger partial charge in [0.25, 0.3) is 0 Å². The minimum absolute atomic E-state index is 0.0734. The normalized spacial score (nSPS) is 14.1. The molecule has 0 aliphatic carbocycles. The standard InChI is InChI=1S/C16H16F2O/c1-2-16(19,12-7-4-3-5-8-12)11-13-14(17)9-6-10-15(13)18/h3-10,19H,2,11H2,1H3. The maximum atomic E-state index is 13.7. The topological polar surface area (TPSA) is 20.2 Å². The Kier molecular flexibility index (Phi) is 3.96. The SMILES string of the molecule is CCC(O)(Cc1c(F)cccc1F)c1ccccc1. The fourth-order valence-electron chi connectivity index (χ4n) is 2.17. The summed E-state index contributed by atoms with van der Waals surface area (Å²) in [5, 5.41) is 10.7. The third-order valence-electron chi connectivity index (χ3n) is 3.43. The van der Waals surface area contributed by atoms with Gasteiger partial charge in [-0.05, 0) is 24.1 Å². The number of aliphatic hydroxyl groups is 1. The maximum absolute atomic E-state index is 13.7. The molecule has 100 valence electrons. The summed E-state index contributed by atoms with van der Waals surface area (Å²) in [7, 11) is 0. The van der Waals surface area contributed by atoms with Crippen molar-refractivity contribution in [1.82, 2.24) is 0 Å². The Bertz CT molecular complexity index is 534. The molecule has 0 bridgehead atoms. The third-order valence-corrected chi connectivity index (χ3v) is 3.43. The quantitative estimate of drug-likeness (QED) is 0.888. The van der Waals surface area contributed by atoms with Gasteiger partial charge in [0.2, 0.25) is 0 Å². The van der Waals surface area contributed by atoms with Crippen molar-refractivity contribution in [3.05, 3.63) is 71.3 Å². The van der Waals surface area contributed by atoms with Crippen LogP contribution in [-0.4, -0.2) is 5.11 Å². The predicted octanol–water partition coefficient (Wildman–Crippen LogP) is 3.81. The van der Waals surface area contributed by atoms with E-state index in [1.54, 1.807) is 31.2 Å². The number of benzene rings is 2. The average Bonchev–Trinajstić information content (AvgIpc) is 2.44. The first-order valence-corrected chi connectivity index (χ1v) is 6.27. The summed E-state index contributed by atoms with van der Waals surface area (Å²) in [6, 6.07) is 12.7. The van der Waals surface area contributed by atoms with E-state index in [-0.39, 0.29) is 12.0 Å². The smallest absolute Gasteiger partial charge is 0.129 e. The number of halogens is 2. The van der Waals surface area contributed by atoms with Crippen molar-refractivity contribution in [2.45, 2.75) is 25.4 Å². The van der Waals surface area contributed by atoms with Crippen LogP contribution >= 0.6 is 0 Å². The van der Waals surface area contributed by atoms with Crippen molar-refractivity contribution >= 4 is 0 Å². The highest BCUT2D eigenvalue weighted by Crippen LogP contribution is 2.30. The molecule has 3 heteroatoms. The number of hydrogen-bond donors (Lipinski definition) is 1. The summed E-state index contributed by atoms with van der Waals surface area (Å²) in [5.41, 5.74) is -0.666. The lowest BCUT2D eigenvalue weighted by molar-refractivity contribution is 0.0310. The van der Waals surface area contributed by atoms with Gasteiger partial charge in [0.05, 0.1) is 5.60 Å². The number of rotatable bonds is 4. The van der Waals surface area contributed by atoms with Crippen molar-refractivity contribution in [3.63, 3.8) is 0 Å². The lowest BCUT2D eigenvalue weighted by atomic mass is 9.85. The number of hydrogen-bond acceptors (Lipinski definition) is 1. The van der Waals surface area contributed by atoms with Crippen LogP contribution in [0.2, 0.25) is 0 Å². The third kappa shape index (κ3) is 2.82. The maximum Gasteiger partial charge on any atom is 0.129 e. The molecule has 0 saturated heterocycles. The Labute approximate surface area is 111 Å². The van der Waals surface area contributed by atoms with Crippen LogP contribution < -0.4 is 0 Å². The first kappa shape index (κ1) is 13.7. The Morgan fingerprint density at radius 3 is 2.05 bits per heavy atom. The zero-order chi connectivity index (χ0) is 13.9. The molecule has 0 aromatic heterocycles. The minimum atomic E-state index is -1.26. The van der Waals surface area contributed by atoms with Crippen molar-refractivity contribution in [2.75, 3.05) is 0 Å². The van der Waals surface area contributed by atoms with Gasteiger partial charge in [0.1, 0.15) is 11.6 Å². The van der Waals surface area contributed by atoms with E-state index in [4.69, 9.17) is 0 Å². The van der Waals surface area contributed by atoms with Crippen molar-refractivity contribution in [3.8, 4) is 0 Å². The molecule has 1 nitrogen and oxygen atoms in total. The highest BCUT2D eigenvalue weighted by Gasteiger charge is 2.29. The van der Waals surface area contributed by atoms with Gasteiger partial charge in [-0.3, -0.25) is 0 Å². The first-order valence-electron chi connectivity index (χ1n) is 6.27. The van der Waals surface area contributed by atoms with Crippen LogP contribution in [0.1, 0.15) is 24.5 Å². The van der Waals surface area contributed by atoms with Crippen LogP contribution in [0.15, 0.2) is 48.5 Å². The monoisotopic (exact) mass is 262 g/mol. The van der Waals surface area contributed by atoms with Crippen LogP contribution in [0.5, 0.6) is 0 Å². The van der Waals surface area contributed by atoms with Crippen molar-refractivity contribution in [2.24, 2.45) is 0 Å². The van der Waals surface area contributed by atoms with E-state index >= 15 is 0 Å². The molecule has 0 aliphatic heterocycles. The molecule has 0 amide bonds. The largest absolute Gasteiger partial charge is 0.385 e. The van der Waals surface area contributed by atoms with E-state index in [9.17, 15) is 13.9 Å². The summed E-state index contributed by atoms with van der Waals surface area (Å²) in [6.45, 7) is 1.80. The van der Waals surface area contributed by atoms with Gasteiger partial charge in [0.15, 0.2) is 0 Å². The fraction of sp³-hybridized carbons (Fsp3) is 0.250. The van der Waals surface area contributed by atoms with Crippen LogP contribution in [0, 0.1) is 11.6 Å². The highest BCUT2D eigenvalue weighted by molar-refractivity contribution is 5.28. The molecule has 19 heavy (non-hydrogen) atoms. The zero-order valence-corrected chi connectivity index (χ0v) is 10.7. The molecule has 1 atom stereocenters. The second-order valence-corrected chi connectivity index (χ2v) is 4.63. The predicted molar refractivity (Wildman–Crippen MR) is 70.7 cm³/mol. The van der Waals surface area contributed by atoms with Crippen LogP contribution in [0.4, 0.5) is 8.78 Å². The van der Waals surface area contributed by atoms with E-state index < -0.39 is 17.2 Å². The second kappa shape index (κ2) is 5.49. The molecular formula is C16H16F2O. The molecule has 0 aliphatic rings. The van der Waals surface area contributed by atoms with Gasteiger partial charge in [-0.15, -0.1) is 0 Å². The summed E-state index contributed by atoms with van der Waals surface area (Å²) in [4.78, 5) is 0. The van der Waals surface area contributed by atoms with Gasteiger partial charge in [0, 0.05) is 12.0 Å². The molecule has 0 radical (unpaired) electrons. The van der Waals surface area contributed by atoms with Crippen molar-refractivity contribution in [1.29, 1.82) is 0 Å². The Balaban J connectivity index is 2.39. The summed E-state index contributed by atoms with van der Waals surface area (Å²) < 4.78 is 27.4. The van der Waals surface area contributed by atoms with E-state index in [0.29, 0.717) is 12.0 Å². The molecule has 2 rings (SSSR count). The first-order chi connectivity index (χ1) is 9.07. The summed E-state index contributed by atoms with van der Waals surface area (Å²) in [5.74, 6) is -1.24. The summed E-state index contributed by atoms with van der Waals surface area (Å²) in [6.07, 6.45) is 0.302. The van der Waals surface area contributed by atoms with Gasteiger partial charge in [-0.1, -0.05) is 43.3 Å². The van der Waals surface area contributed by atoms with E-state index in [2.05, 4.69) is 0 Å². The molecule has 1 N–H and O–H groups in total. The zero-order valence-electron chi connectivity index (χ0n) is 10.7. The minimum Gasteiger partial charge on any atom is -0.385 e. The van der Waals surface area contributed by atoms with Crippen molar-refractivity contribution < 1.29 is 13.9 Å². The van der Waals surface area contributed by atoms with Crippen LogP contribution in [0.25, 0.3) is 0 Å². The highest BCUT2D eigenvalue weighted by atomic mass is 19.1. The Hall–Kier alpha value is -1.74. The molecule has 0 heterocycles. The second-order valence-electron chi connectivity index (χ2n) is 4.63. The van der Waals surface area contributed by atoms with E-state index in [1.165, 1.54) is 18.2 Å². The lowest BCUT2D eigenvalue weighted by Gasteiger charge is -2.28. The summed E-state index contributed by atoms with van der Waals surface area (Å²) >= 11 is 0. The van der Waals surface area contributed by atoms with E-state index in [1.807, 2.05) is 6.07 Å². The Morgan fingerprint density at radius 1 is 0.947 bits per heavy atom. The average molecular weight is 262 g/mol. The molecule has 2 aromatic carbocycles. The Morgan fingerprint density at radius 2 is 1.53 bits per heavy atom. The molecule has 1 unspecified atom stereocenters. The van der Waals surface area contributed by atoms with Gasteiger partial charge >= 0.3 is 0 Å². The van der Waals surface area contributed by atoms with Gasteiger partial charge < -0.3 is 5.11 Å².